The lowest BCUT2D eigenvalue weighted by Gasteiger charge is -2.24. The second-order valence-corrected chi connectivity index (χ2v) is 5.07. The van der Waals surface area contributed by atoms with Gasteiger partial charge in [0.25, 0.3) is 0 Å². The Morgan fingerprint density at radius 2 is 2.59 bits per heavy atom. The van der Waals surface area contributed by atoms with Crippen LogP contribution in [0.15, 0.2) is 11.4 Å². The monoisotopic (exact) mass is 256 g/mol. The summed E-state index contributed by atoms with van der Waals surface area (Å²) >= 11 is 1.27. The zero-order chi connectivity index (χ0) is 12.3. The number of aryl methyl sites for hydroxylation is 1. The number of nitrogens with zero attached hydrogens (tertiary/aromatic N) is 2. The summed E-state index contributed by atoms with van der Waals surface area (Å²) in [5.74, 6) is -0.772. The van der Waals surface area contributed by atoms with E-state index in [1.54, 1.807) is 0 Å². The van der Waals surface area contributed by atoms with E-state index in [2.05, 4.69) is 9.55 Å². The van der Waals surface area contributed by atoms with E-state index in [1.165, 1.54) is 11.8 Å². The van der Waals surface area contributed by atoms with Crippen LogP contribution in [0.3, 0.4) is 0 Å². The van der Waals surface area contributed by atoms with E-state index in [4.69, 9.17) is 9.84 Å². The van der Waals surface area contributed by atoms with E-state index in [0.29, 0.717) is 12.6 Å². The Hall–Kier alpha value is -1.01. The lowest BCUT2D eigenvalue weighted by atomic mass is 10.1. The molecule has 0 amide bonds. The zero-order valence-corrected chi connectivity index (χ0v) is 10.6. The Labute approximate surface area is 104 Å². The molecule has 1 N–H and O–H groups in total. The Kier molecular flexibility index (Phi) is 4.06. The van der Waals surface area contributed by atoms with Gasteiger partial charge in [-0.15, -0.1) is 0 Å². The molecule has 0 aliphatic carbocycles. The molecule has 17 heavy (non-hydrogen) atoms. The molecule has 5 nitrogen and oxygen atoms in total. The van der Waals surface area contributed by atoms with Crippen LogP contribution in [0.4, 0.5) is 0 Å². The van der Waals surface area contributed by atoms with Crippen molar-refractivity contribution in [2.24, 2.45) is 0 Å². The second kappa shape index (κ2) is 5.55. The van der Waals surface area contributed by atoms with Crippen LogP contribution in [0.1, 0.15) is 24.6 Å². The van der Waals surface area contributed by atoms with E-state index >= 15 is 0 Å². The molecule has 1 unspecified atom stereocenters. The maximum atomic E-state index is 10.6. The first kappa shape index (κ1) is 12.4. The minimum Gasteiger partial charge on any atom is -0.481 e. The summed E-state index contributed by atoms with van der Waals surface area (Å²) in [4.78, 5) is 14.9. The molecule has 2 rings (SSSR count). The molecule has 1 fully saturated rings. The Morgan fingerprint density at radius 1 is 1.76 bits per heavy atom. The second-order valence-electron chi connectivity index (χ2n) is 4.13. The third kappa shape index (κ3) is 3.23. The highest BCUT2D eigenvalue weighted by atomic mass is 32.2. The van der Waals surface area contributed by atoms with Crippen molar-refractivity contribution in [3.8, 4) is 0 Å². The highest BCUT2D eigenvalue weighted by molar-refractivity contribution is 7.99. The molecule has 2 heterocycles. The summed E-state index contributed by atoms with van der Waals surface area (Å²) in [6, 6.07) is 0.293. The predicted octanol–water partition coefficient (Wildman–Crippen LogP) is 1.72. The van der Waals surface area contributed by atoms with Crippen molar-refractivity contribution >= 4 is 17.7 Å². The van der Waals surface area contributed by atoms with Gasteiger partial charge in [0.1, 0.15) is 0 Å². The van der Waals surface area contributed by atoms with E-state index in [-0.39, 0.29) is 5.75 Å². The number of imidazole rings is 1. The molecule has 0 spiro atoms. The highest BCUT2D eigenvalue weighted by Crippen LogP contribution is 2.26. The number of carboxylic acid groups (broad SMARTS) is 1. The lowest BCUT2D eigenvalue weighted by Crippen LogP contribution is -2.21. The van der Waals surface area contributed by atoms with Gasteiger partial charge in [-0.1, -0.05) is 11.8 Å². The first-order valence-electron chi connectivity index (χ1n) is 5.64. The molecule has 1 aromatic heterocycles. The van der Waals surface area contributed by atoms with E-state index in [0.717, 1.165) is 30.3 Å². The van der Waals surface area contributed by atoms with Crippen molar-refractivity contribution < 1.29 is 14.6 Å². The van der Waals surface area contributed by atoms with Crippen molar-refractivity contribution in [1.82, 2.24) is 9.55 Å². The number of hydrogen-bond donors (Lipinski definition) is 1. The largest absolute Gasteiger partial charge is 0.481 e. The number of ether oxygens (including phenoxy) is 1. The van der Waals surface area contributed by atoms with E-state index in [9.17, 15) is 4.79 Å². The maximum Gasteiger partial charge on any atom is 0.313 e. The fraction of sp³-hybridized carbons (Fsp3) is 0.636. The molecular weight excluding hydrogens is 240 g/mol. The minimum absolute atomic E-state index is 0.0457. The molecule has 0 saturated carbocycles. The molecule has 1 aliphatic rings. The third-order valence-corrected chi connectivity index (χ3v) is 3.62. The smallest absolute Gasteiger partial charge is 0.313 e. The summed E-state index contributed by atoms with van der Waals surface area (Å²) in [5, 5.41) is 9.48. The SMILES string of the molecule is Cc1cn(C2CCCOC2)c(SCC(=O)O)n1. The van der Waals surface area contributed by atoms with Gasteiger partial charge in [-0.25, -0.2) is 4.98 Å². The van der Waals surface area contributed by atoms with Crippen LogP contribution in [0.25, 0.3) is 0 Å². The standard InChI is InChI=1S/C11H16N2O3S/c1-8-5-13(9-3-2-4-16-6-9)11(12-8)17-7-10(14)15/h5,9H,2-4,6-7H2,1H3,(H,14,15). The predicted molar refractivity (Wildman–Crippen MR) is 64.4 cm³/mol. The van der Waals surface area contributed by atoms with Crippen LogP contribution in [0.5, 0.6) is 0 Å². The van der Waals surface area contributed by atoms with Gasteiger partial charge in [-0.05, 0) is 19.8 Å². The van der Waals surface area contributed by atoms with Crippen LogP contribution in [0.2, 0.25) is 0 Å². The number of hydrogen-bond acceptors (Lipinski definition) is 4. The fourth-order valence-electron chi connectivity index (χ4n) is 1.93. The third-order valence-electron chi connectivity index (χ3n) is 2.67. The van der Waals surface area contributed by atoms with Crippen LogP contribution < -0.4 is 0 Å². The number of rotatable bonds is 4. The number of aliphatic carboxylic acids is 1. The van der Waals surface area contributed by atoms with Gasteiger partial charge in [0.15, 0.2) is 5.16 Å². The van der Waals surface area contributed by atoms with Crippen molar-refractivity contribution in [3.05, 3.63) is 11.9 Å². The summed E-state index contributed by atoms with van der Waals surface area (Å²) < 4.78 is 7.51. The molecule has 94 valence electrons. The zero-order valence-electron chi connectivity index (χ0n) is 9.76. The van der Waals surface area contributed by atoms with Gasteiger partial charge >= 0.3 is 5.97 Å². The van der Waals surface area contributed by atoms with E-state index in [1.807, 2.05) is 13.1 Å². The quantitative estimate of drug-likeness (QED) is 0.831. The number of thioether (sulfide) groups is 1. The van der Waals surface area contributed by atoms with Gasteiger partial charge in [-0.2, -0.15) is 0 Å². The van der Waals surface area contributed by atoms with Crippen LogP contribution in [0, 0.1) is 6.92 Å². The van der Waals surface area contributed by atoms with Gasteiger partial charge in [0.2, 0.25) is 0 Å². The molecule has 6 heteroatoms. The molecule has 1 atom stereocenters. The van der Waals surface area contributed by atoms with Gasteiger partial charge in [0.05, 0.1) is 24.1 Å². The lowest BCUT2D eigenvalue weighted by molar-refractivity contribution is -0.133. The molecule has 0 bridgehead atoms. The summed E-state index contributed by atoms with van der Waals surface area (Å²) in [6.07, 6.45) is 4.09. The van der Waals surface area contributed by atoms with Crippen LogP contribution >= 0.6 is 11.8 Å². The van der Waals surface area contributed by atoms with Crippen molar-refractivity contribution in [2.75, 3.05) is 19.0 Å². The van der Waals surface area contributed by atoms with Gasteiger partial charge in [-0.3, -0.25) is 4.79 Å². The molecule has 1 saturated heterocycles. The topological polar surface area (TPSA) is 64.3 Å². The molecule has 1 aliphatic heterocycles. The van der Waals surface area contributed by atoms with Gasteiger partial charge < -0.3 is 14.4 Å². The summed E-state index contributed by atoms with van der Waals surface area (Å²) in [6.45, 7) is 3.43. The maximum absolute atomic E-state index is 10.6. The first-order chi connectivity index (χ1) is 8.16. The van der Waals surface area contributed by atoms with Crippen LogP contribution in [-0.2, 0) is 9.53 Å². The van der Waals surface area contributed by atoms with Crippen LogP contribution in [-0.4, -0.2) is 39.6 Å². The van der Waals surface area contributed by atoms with E-state index < -0.39 is 5.97 Å². The fourth-order valence-corrected chi connectivity index (χ4v) is 2.74. The van der Waals surface area contributed by atoms with Gasteiger partial charge in [0, 0.05) is 12.8 Å². The average Bonchev–Trinajstić information content (AvgIpc) is 2.69. The average molecular weight is 256 g/mol. The molecule has 0 radical (unpaired) electrons. The number of carbonyl (C=O) groups is 1. The van der Waals surface area contributed by atoms with Crippen molar-refractivity contribution in [2.45, 2.75) is 31.0 Å². The van der Waals surface area contributed by atoms with Crippen molar-refractivity contribution in [1.29, 1.82) is 0 Å². The Balaban J connectivity index is 2.11. The molecular formula is C11H16N2O3S. The normalized spacial score (nSPS) is 20.4. The minimum atomic E-state index is -0.818. The highest BCUT2D eigenvalue weighted by Gasteiger charge is 2.19. The summed E-state index contributed by atoms with van der Waals surface area (Å²) in [5.41, 5.74) is 0.920. The Bertz CT molecular complexity index is 399. The molecule has 1 aromatic rings. The first-order valence-corrected chi connectivity index (χ1v) is 6.63. The number of carboxylic acids is 1. The molecule has 0 aromatic carbocycles. The van der Waals surface area contributed by atoms with Crippen molar-refractivity contribution in [3.63, 3.8) is 0 Å². The number of aromatic nitrogens is 2. The Morgan fingerprint density at radius 3 is 3.24 bits per heavy atom. The summed E-state index contributed by atoms with van der Waals surface area (Å²) in [7, 11) is 0.